The van der Waals surface area contributed by atoms with Gasteiger partial charge in [0, 0.05) is 44.8 Å². The second-order valence-electron chi connectivity index (χ2n) is 7.27. The van der Waals surface area contributed by atoms with Crippen LogP contribution in [0.2, 0.25) is 0 Å². The van der Waals surface area contributed by atoms with Crippen molar-refractivity contribution in [2.75, 3.05) is 38.7 Å². The maximum absolute atomic E-state index is 13.1. The van der Waals surface area contributed by atoms with Crippen molar-refractivity contribution in [3.8, 4) is 0 Å². The van der Waals surface area contributed by atoms with Gasteiger partial charge in [-0.1, -0.05) is 18.2 Å². The summed E-state index contributed by atoms with van der Waals surface area (Å²) in [6.45, 7) is 9.22. The monoisotopic (exact) mass is 412 g/mol. The van der Waals surface area contributed by atoms with Crippen molar-refractivity contribution in [3.63, 3.8) is 0 Å². The van der Waals surface area contributed by atoms with E-state index in [2.05, 4.69) is 11.9 Å². The molecule has 0 aliphatic rings. The average Bonchev–Trinajstić information content (AvgIpc) is 3.12. The molecule has 7 heteroatoms. The molecule has 0 saturated carbocycles. The van der Waals surface area contributed by atoms with Crippen molar-refractivity contribution in [2.24, 2.45) is 7.05 Å². The van der Waals surface area contributed by atoms with E-state index in [1.54, 1.807) is 18.1 Å². The zero-order valence-electron chi connectivity index (χ0n) is 18.4. The van der Waals surface area contributed by atoms with Gasteiger partial charge in [-0.05, 0) is 43.2 Å². The van der Waals surface area contributed by atoms with Gasteiger partial charge in [0.05, 0.1) is 13.2 Å². The molecule has 1 aromatic heterocycles. The van der Waals surface area contributed by atoms with E-state index in [4.69, 9.17) is 4.74 Å². The molecule has 0 fully saturated rings. The molecule has 1 N–H and O–H groups in total. The third-order valence-corrected chi connectivity index (χ3v) is 5.13. The quantitative estimate of drug-likeness (QED) is 0.609. The Bertz CT molecular complexity index is 875. The van der Waals surface area contributed by atoms with Gasteiger partial charge in [-0.2, -0.15) is 0 Å². The van der Waals surface area contributed by atoms with Gasteiger partial charge in [-0.25, -0.2) is 4.79 Å². The lowest BCUT2D eigenvalue weighted by Gasteiger charge is -2.27. The van der Waals surface area contributed by atoms with Crippen LogP contribution in [0.4, 0.5) is 10.5 Å². The third-order valence-electron chi connectivity index (χ3n) is 5.13. The predicted octanol–water partition coefficient (Wildman–Crippen LogP) is 3.34. The average molecular weight is 413 g/mol. The van der Waals surface area contributed by atoms with Gasteiger partial charge in [-0.15, -0.1) is 6.58 Å². The van der Waals surface area contributed by atoms with Crippen molar-refractivity contribution in [2.45, 2.75) is 20.4 Å². The minimum absolute atomic E-state index is 0.0448. The zero-order valence-corrected chi connectivity index (χ0v) is 18.4. The SMILES string of the molecule is C=CCN(CC(=O)N(CCOC)Cc1cccn1C)C(=O)Nc1cccc(C)c1C. The number of nitrogens with one attached hydrogen (secondary N) is 1. The Morgan fingerprint density at radius 2 is 1.97 bits per heavy atom. The van der Waals surface area contributed by atoms with Crippen LogP contribution >= 0.6 is 0 Å². The number of aromatic nitrogens is 1. The Morgan fingerprint density at radius 3 is 2.60 bits per heavy atom. The van der Waals surface area contributed by atoms with E-state index in [9.17, 15) is 9.59 Å². The lowest BCUT2D eigenvalue weighted by molar-refractivity contribution is -0.133. The molecule has 162 valence electrons. The number of hydrogen-bond acceptors (Lipinski definition) is 3. The highest BCUT2D eigenvalue weighted by Gasteiger charge is 2.22. The fourth-order valence-electron chi connectivity index (χ4n) is 3.07. The summed E-state index contributed by atoms with van der Waals surface area (Å²) in [4.78, 5) is 29.1. The first kappa shape index (κ1) is 23.2. The van der Waals surface area contributed by atoms with Gasteiger partial charge < -0.3 is 24.4 Å². The lowest BCUT2D eigenvalue weighted by atomic mass is 10.1. The van der Waals surface area contributed by atoms with Crippen molar-refractivity contribution >= 4 is 17.6 Å². The van der Waals surface area contributed by atoms with Crippen LogP contribution in [0.1, 0.15) is 16.8 Å². The number of carbonyl (C=O) groups excluding carboxylic acids is 2. The number of amides is 3. The van der Waals surface area contributed by atoms with Crippen LogP contribution in [0.25, 0.3) is 0 Å². The smallest absolute Gasteiger partial charge is 0.322 e. The van der Waals surface area contributed by atoms with Gasteiger partial charge in [0.1, 0.15) is 6.54 Å². The summed E-state index contributed by atoms with van der Waals surface area (Å²) in [5.74, 6) is -0.147. The number of methoxy groups -OCH3 is 1. The molecule has 0 saturated heterocycles. The number of rotatable bonds is 10. The second-order valence-corrected chi connectivity index (χ2v) is 7.27. The normalized spacial score (nSPS) is 10.5. The van der Waals surface area contributed by atoms with Crippen LogP contribution in [-0.4, -0.2) is 59.7 Å². The summed E-state index contributed by atoms with van der Waals surface area (Å²) in [6.07, 6.45) is 3.56. The molecular weight excluding hydrogens is 380 g/mol. The molecule has 2 aromatic rings. The van der Waals surface area contributed by atoms with Crippen LogP contribution in [0.3, 0.4) is 0 Å². The van der Waals surface area contributed by atoms with Crippen LogP contribution in [0, 0.1) is 13.8 Å². The van der Waals surface area contributed by atoms with Crippen molar-refractivity contribution < 1.29 is 14.3 Å². The first-order chi connectivity index (χ1) is 14.4. The Labute approximate surface area is 178 Å². The Balaban J connectivity index is 2.12. The Morgan fingerprint density at radius 1 is 1.20 bits per heavy atom. The number of urea groups is 1. The summed E-state index contributed by atoms with van der Waals surface area (Å²) in [6, 6.07) is 9.33. The van der Waals surface area contributed by atoms with Gasteiger partial charge >= 0.3 is 6.03 Å². The highest BCUT2D eigenvalue weighted by Crippen LogP contribution is 2.18. The zero-order chi connectivity index (χ0) is 22.1. The number of nitrogens with zero attached hydrogens (tertiary/aromatic N) is 3. The molecule has 0 aliphatic carbocycles. The van der Waals surface area contributed by atoms with Crippen LogP contribution in [0.5, 0.6) is 0 Å². The lowest BCUT2D eigenvalue weighted by Crippen LogP contribution is -2.45. The van der Waals surface area contributed by atoms with E-state index < -0.39 is 0 Å². The van der Waals surface area contributed by atoms with E-state index >= 15 is 0 Å². The summed E-state index contributed by atoms with van der Waals surface area (Å²) in [7, 11) is 3.54. The predicted molar refractivity (Wildman–Crippen MR) is 119 cm³/mol. The Hall–Kier alpha value is -3.06. The van der Waals surface area contributed by atoms with Gasteiger partial charge in [-0.3, -0.25) is 4.79 Å². The van der Waals surface area contributed by atoms with Gasteiger partial charge in [0.15, 0.2) is 0 Å². The van der Waals surface area contributed by atoms with Crippen molar-refractivity contribution in [3.05, 3.63) is 66.0 Å². The summed E-state index contributed by atoms with van der Waals surface area (Å²) >= 11 is 0. The number of anilines is 1. The number of carbonyl (C=O) groups is 2. The molecule has 0 atom stereocenters. The van der Waals surface area contributed by atoms with E-state index in [-0.39, 0.29) is 25.0 Å². The van der Waals surface area contributed by atoms with E-state index in [1.165, 1.54) is 4.90 Å². The number of hydrogen-bond donors (Lipinski definition) is 1. The van der Waals surface area contributed by atoms with E-state index in [0.29, 0.717) is 19.7 Å². The minimum Gasteiger partial charge on any atom is -0.383 e. The standard InChI is InChI=1S/C23H32N4O3/c1-6-12-27(23(29)24-21-11-7-9-18(2)19(21)3)17-22(28)26(14-15-30-5)16-20-10-8-13-25(20)4/h6-11,13H,1,12,14-17H2,2-5H3,(H,24,29). The summed E-state index contributed by atoms with van der Waals surface area (Å²) in [5, 5.41) is 2.92. The summed E-state index contributed by atoms with van der Waals surface area (Å²) < 4.78 is 7.14. The van der Waals surface area contributed by atoms with Crippen molar-refractivity contribution in [1.82, 2.24) is 14.4 Å². The molecule has 30 heavy (non-hydrogen) atoms. The molecule has 3 amide bonds. The minimum atomic E-state index is -0.331. The molecule has 7 nitrogen and oxygen atoms in total. The molecule has 0 radical (unpaired) electrons. The van der Waals surface area contributed by atoms with Crippen LogP contribution < -0.4 is 5.32 Å². The van der Waals surface area contributed by atoms with Gasteiger partial charge in [0.25, 0.3) is 0 Å². The molecule has 0 spiro atoms. The fraction of sp³-hybridized carbons (Fsp3) is 0.391. The molecule has 0 bridgehead atoms. The number of aryl methyl sites for hydroxylation is 2. The molecule has 0 unspecified atom stereocenters. The van der Waals surface area contributed by atoms with E-state index in [0.717, 1.165) is 22.5 Å². The first-order valence-corrected chi connectivity index (χ1v) is 9.97. The highest BCUT2D eigenvalue weighted by atomic mass is 16.5. The van der Waals surface area contributed by atoms with E-state index in [1.807, 2.05) is 62.0 Å². The summed E-state index contributed by atoms with van der Waals surface area (Å²) in [5.41, 5.74) is 3.84. The van der Waals surface area contributed by atoms with Crippen molar-refractivity contribution in [1.29, 1.82) is 0 Å². The molecule has 1 heterocycles. The largest absolute Gasteiger partial charge is 0.383 e. The molecule has 0 aliphatic heterocycles. The maximum Gasteiger partial charge on any atom is 0.322 e. The van der Waals surface area contributed by atoms with Crippen LogP contribution in [-0.2, 0) is 23.1 Å². The van der Waals surface area contributed by atoms with Crippen LogP contribution in [0.15, 0.2) is 49.2 Å². The molecule has 2 rings (SSSR count). The van der Waals surface area contributed by atoms with Gasteiger partial charge in [0.2, 0.25) is 5.91 Å². The first-order valence-electron chi connectivity index (χ1n) is 9.97. The third kappa shape index (κ3) is 6.22. The number of benzene rings is 1. The Kier molecular flexibility index (Phi) is 8.68. The molecule has 1 aromatic carbocycles. The highest BCUT2D eigenvalue weighted by molar-refractivity contribution is 5.93. The maximum atomic E-state index is 13.1. The fourth-order valence-corrected chi connectivity index (χ4v) is 3.07. The second kappa shape index (κ2) is 11.2. The number of ether oxygens (including phenoxy) is 1. The topological polar surface area (TPSA) is 66.8 Å². The molecular formula is C23H32N4O3.